The molecular weight excluding hydrogens is 683 g/mol. The van der Waals surface area contributed by atoms with Crippen molar-refractivity contribution in [2.45, 2.75) is 0 Å². The molecule has 0 saturated heterocycles. The van der Waals surface area contributed by atoms with Gasteiger partial charge in [-0.15, -0.1) is 0 Å². The van der Waals surface area contributed by atoms with E-state index in [1.807, 2.05) is 42.5 Å². The zero-order valence-corrected chi connectivity index (χ0v) is 28.8. The number of fused-ring (bicyclic) bond motifs is 7. The molecule has 8 aromatic carbocycles. The van der Waals surface area contributed by atoms with Gasteiger partial charge in [0, 0.05) is 38.4 Å². The molecule has 0 aliphatic carbocycles. The van der Waals surface area contributed by atoms with Gasteiger partial charge in [0.15, 0.2) is 11.6 Å². The van der Waals surface area contributed by atoms with Crippen LogP contribution in [0.15, 0.2) is 200 Å². The lowest BCUT2D eigenvalue weighted by Crippen LogP contribution is -2.06. The lowest BCUT2D eigenvalue weighted by atomic mass is 10.0. The van der Waals surface area contributed by atoms with E-state index in [1.165, 1.54) is 4.57 Å². The number of benzene rings is 8. The Balaban J connectivity index is 1.32. The molecule has 0 radical (unpaired) electrons. The van der Waals surface area contributed by atoms with Crippen LogP contribution in [-0.2, 0) is 0 Å². The van der Waals surface area contributed by atoms with Crippen molar-refractivity contribution in [2.24, 2.45) is 0 Å². The van der Waals surface area contributed by atoms with Gasteiger partial charge in [0.1, 0.15) is 0 Å². The maximum Gasteiger partial charge on any atom is 0.238 e. The fraction of sp³-hybridized carbons (Fsp3) is 0. The number of rotatable bonds is 6. The summed E-state index contributed by atoms with van der Waals surface area (Å²) >= 11 is 0. The fourth-order valence-corrected chi connectivity index (χ4v) is 6.93. The number of aromatic nitrogens is 5. The molecule has 262 valence electrons. The van der Waals surface area contributed by atoms with E-state index < -0.39 is 143 Å². The molecule has 0 N–H and O–H groups in total. The maximum absolute atomic E-state index is 9.91. The Morgan fingerprint density at radius 3 is 1.43 bits per heavy atom. The third-order valence-electron chi connectivity index (χ3n) is 9.44. The Morgan fingerprint density at radius 1 is 0.339 bits per heavy atom. The largest absolute Gasteiger partial charge is 0.309 e. The van der Waals surface area contributed by atoms with Crippen LogP contribution < -0.4 is 0 Å². The summed E-state index contributed by atoms with van der Waals surface area (Å²) < 4.78 is 174. The highest BCUT2D eigenvalue weighted by molar-refractivity contribution is 6.28. The minimum absolute atomic E-state index is 0.106. The van der Waals surface area contributed by atoms with Crippen LogP contribution in [0.3, 0.4) is 0 Å². The van der Waals surface area contributed by atoms with E-state index in [0.717, 1.165) is 15.7 Å². The van der Waals surface area contributed by atoms with Gasteiger partial charge in [-0.2, -0.15) is 9.97 Å². The van der Waals surface area contributed by atoms with Crippen LogP contribution in [0.5, 0.6) is 0 Å². The molecule has 5 nitrogen and oxygen atoms in total. The first-order chi connectivity index (χ1) is 35.7. The highest BCUT2D eigenvalue weighted by atomic mass is 15.2. The van der Waals surface area contributed by atoms with Crippen LogP contribution in [-0.4, -0.2) is 24.1 Å². The lowest BCUT2D eigenvalue weighted by Gasteiger charge is -2.12. The molecule has 0 aliphatic heterocycles. The van der Waals surface area contributed by atoms with E-state index >= 15 is 0 Å². The molecule has 11 aromatic rings. The van der Waals surface area contributed by atoms with Crippen LogP contribution in [0, 0.1) is 0 Å². The third-order valence-corrected chi connectivity index (χ3v) is 9.44. The van der Waals surface area contributed by atoms with Crippen molar-refractivity contribution in [3.8, 4) is 56.7 Å². The average Bonchev–Trinajstić information content (AvgIpc) is 3.99. The van der Waals surface area contributed by atoms with Gasteiger partial charge in [0.05, 0.1) is 48.1 Å². The molecule has 56 heavy (non-hydrogen) atoms. The first-order valence-electron chi connectivity index (χ1n) is 26.8. The van der Waals surface area contributed by atoms with Crippen molar-refractivity contribution < 1.29 is 26.0 Å². The average molecular weight is 735 g/mol. The Kier molecular flexibility index (Phi) is 4.22. The summed E-state index contributed by atoms with van der Waals surface area (Å²) in [5.74, 6) is -0.0516. The molecule has 0 bridgehead atoms. The predicted molar refractivity (Wildman–Crippen MR) is 230 cm³/mol. The van der Waals surface area contributed by atoms with Gasteiger partial charge < -0.3 is 4.57 Å². The molecule has 0 atom stereocenters. The highest BCUT2D eigenvalue weighted by Gasteiger charge is 2.22. The normalized spacial score (nSPS) is 16.3. The monoisotopic (exact) mass is 734 g/mol. The Hall–Kier alpha value is -7.63. The van der Waals surface area contributed by atoms with Gasteiger partial charge in [-0.1, -0.05) is 163 Å². The molecule has 0 amide bonds. The number of hydrogen-bond acceptors (Lipinski definition) is 3. The Morgan fingerprint density at radius 2 is 0.804 bits per heavy atom. The topological polar surface area (TPSA) is 48.5 Å². The van der Waals surface area contributed by atoms with Crippen molar-refractivity contribution in [3.63, 3.8) is 0 Å². The second kappa shape index (κ2) is 13.0. The third kappa shape index (κ3) is 5.21. The van der Waals surface area contributed by atoms with E-state index in [2.05, 4.69) is 0 Å². The van der Waals surface area contributed by atoms with Crippen molar-refractivity contribution in [1.82, 2.24) is 24.1 Å². The van der Waals surface area contributed by atoms with Gasteiger partial charge in [-0.3, -0.25) is 4.57 Å². The summed E-state index contributed by atoms with van der Waals surface area (Å²) in [6, 6.07) is 10.7. The van der Waals surface area contributed by atoms with Crippen LogP contribution in [0.1, 0.15) is 26.0 Å². The Bertz CT molecular complexity index is 4270. The minimum Gasteiger partial charge on any atom is -0.309 e. The first kappa shape index (κ1) is 18.1. The van der Waals surface area contributed by atoms with Gasteiger partial charge in [0.25, 0.3) is 0 Å². The smallest absolute Gasteiger partial charge is 0.238 e. The summed E-state index contributed by atoms with van der Waals surface area (Å²) in [5, 5.41) is -1.19. The molecule has 5 heteroatoms. The minimum atomic E-state index is -0.928. The van der Waals surface area contributed by atoms with Gasteiger partial charge in [-0.05, 0) is 58.5 Å². The van der Waals surface area contributed by atoms with Crippen LogP contribution in [0.25, 0.3) is 100 Å². The summed E-state index contributed by atoms with van der Waals surface area (Å²) in [4.78, 5) is 14.6. The molecule has 0 aliphatic rings. The summed E-state index contributed by atoms with van der Waals surface area (Å²) in [6.45, 7) is 0. The van der Waals surface area contributed by atoms with Gasteiger partial charge >= 0.3 is 0 Å². The van der Waals surface area contributed by atoms with Crippen LogP contribution >= 0.6 is 0 Å². The highest BCUT2D eigenvalue weighted by Crippen LogP contribution is 2.42. The molecule has 11 rings (SSSR count). The molecule has 3 heterocycles. The van der Waals surface area contributed by atoms with E-state index in [9.17, 15) is 13.7 Å². The quantitative estimate of drug-likeness (QED) is 0.171. The van der Waals surface area contributed by atoms with Crippen LogP contribution in [0.2, 0.25) is 0 Å². The number of para-hydroxylation sites is 2. The predicted octanol–water partition coefficient (Wildman–Crippen LogP) is 12.7. The Labute approximate surface area is 350 Å². The van der Waals surface area contributed by atoms with E-state index in [4.69, 9.17) is 27.3 Å². The molecule has 0 saturated carbocycles. The van der Waals surface area contributed by atoms with Gasteiger partial charge in [0.2, 0.25) is 5.95 Å². The molecular formula is C51H33N5. The lowest BCUT2D eigenvalue weighted by molar-refractivity contribution is 0.953. The van der Waals surface area contributed by atoms with E-state index in [-0.39, 0.29) is 50.2 Å². The second-order valence-corrected chi connectivity index (χ2v) is 12.6. The summed E-state index contributed by atoms with van der Waals surface area (Å²) in [5.41, 5.74) is -0.753. The number of hydrogen-bond donors (Lipinski definition) is 0. The fourth-order valence-electron chi connectivity index (χ4n) is 6.93. The molecule has 0 spiro atoms. The summed E-state index contributed by atoms with van der Waals surface area (Å²) in [7, 11) is 0. The zero-order chi connectivity index (χ0) is 53.5. The SMILES string of the molecule is [2H]c1c([2H])c([2H])c(-c2c([2H])c([2H])c(-n3c4c([2H])c([2H])c([2H])c([2H])c4c4c5c6c([2H])c([2H])c([2H])c([2H])c6n(-c6nc(-c7ccccc7)nc(-c7ccc(-c8ccccc8)cc7)n6)c5c([2H])c([2H])c43)c([2H])c2[2H])c([2H])c1[2H]. The van der Waals surface area contributed by atoms with Crippen molar-refractivity contribution in [3.05, 3.63) is 200 Å². The first-order valence-corrected chi connectivity index (χ1v) is 17.3. The van der Waals surface area contributed by atoms with Crippen molar-refractivity contribution in [2.75, 3.05) is 0 Å². The maximum atomic E-state index is 9.91. The molecule has 0 unspecified atom stereocenters. The summed E-state index contributed by atoms with van der Waals surface area (Å²) in [6.07, 6.45) is 0. The van der Waals surface area contributed by atoms with Crippen molar-refractivity contribution in [1.29, 1.82) is 0 Å². The molecule has 0 fully saturated rings. The van der Waals surface area contributed by atoms with E-state index in [0.29, 0.717) is 11.1 Å². The zero-order valence-electron chi connectivity index (χ0n) is 47.8. The second-order valence-electron chi connectivity index (χ2n) is 12.6. The van der Waals surface area contributed by atoms with E-state index in [1.54, 1.807) is 42.5 Å². The number of nitrogens with zero attached hydrogens (tertiary/aromatic N) is 5. The molecule has 3 aromatic heterocycles. The van der Waals surface area contributed by atoms with Crippen molar-refractivity contribution >= 4 is 43.6 Å². The van der Waals surface area contributed by atoms with Gasteiger partial charge in [-0.25, -0.2) is 4.98 Å². The standard InChI is InChI=1S/C51H33N5/c1-4-14-34(15-5-1)36-24-26-39(27-25-36)50-52-49(38-18-8-3-9-19-38)53-51(54-50)56-44-23-13-11-21-42(44)48-46(56)33-32-45-47(48)41-20-10-12-22-43(41)55(45)40-30-28-37(29-31-40)35-16-6-2-7-17-35/h1-33H/i2D,6D,7D,10D,11D,12D,13D,16D,17D,20D,21D,22D,23D,28D,29D,30D,31D,32D,33D. The van der Waals surface area contributed by atoms with Crippen LogP contribution in [0.4, 0.5) is 0 Å².